The first-order valence-corrected chi connectivity index (χ1v) is 6.28. The molecule has 0 fully saturated rings. The molecular weight excluding hydrogens is 238 g/mol. The van der Waals surface area contributed by atoms with E-state index < -0.39 is 5.60 Å². The Hall–Kier alpha value is -2.12. The molecule has 2 aromatic rings. The lowest BCUT2D eigenvalue weighted by Crippen LogP contribution is -2.25. The SMILES string of the molecule is Cc1cc(C#N)ccc1-c1cnn2c1CC(C)(O)C2. The predicted molar refractivity (Wildman–Crippen MR) is 71.4 cm³/mol. The van der Waals surface area contributed by atoms with Crippen LogP contribution < -0.4 is 0 Å². The van der Waals surface area contributed by atoms with Crippen molar-refractivity contribution in [2.24, 2.45) is 0 Å². The molecule has 1 N–H and O–H groups in total. The van der Waals surface area contributed by atoms with E-state index in [4.69, 9.17) is 5.26 Å². The standard InChI is InChI=1S/C15H15N3O/c1-10-5-11(7-16)3-4-12(10)13-8-17-18-9-15(2,19)6-14(13)18/h3-5,8,19H,6,9H2,1-2H3. The van der Waals surface area contributed by atoms with Gasteiger partial charge in [-0.15, -0.1) is 0 Å². The van der Waals surface area contributed by atoms with Gasteiger partial charge in [-0.3, -0.25) is 4.68 Å². The number of aliphatic hydroxyl groups is 1. The van der Waals surface area contributed by atoms with Gasteiger partial charge in [0, 0.05) is 17.7 Å². The van der Waals surface area contributed by atoms with Gasteiger partial charge in [-0.05, 0) is 37.1 Å². The van der Waals surface area contributed by atoms with Gasteiger partial charge in [0.05, 0.1) is 30.0 Å². The van der Waals surface area contributed by atoms with Crippen LogP contribution in [0.25, 0.3) is 11.1 Å². The summed E-state index contributed by atoms with van der Waals surface area (Å²) in [4.78, 5) is 0. The van der Waals surface area contributed by atoms with Gasteiger partial charge >= 0.3 is 0 Å². The van der Waals surface area contributed by atoms with Crippen LogP contribution in [0.3, 0.4) is 0 Å². The zero-order valence-corrected chi connectivity index (χ0v) is 11.0. The average molecular weight is 253 g/mol. The fraction of sp³-hybridized carbons (Fsp3) is 0.333. The van der Waals surface area contributed by atoms with Crippen LogP contribution in [0.2, 0.25) is 0 Å². The second-order valence-corrected chi connectivity index (χ2v) is 5.48. The van der Waals surface area contributed by atoms with E-state index in [2.05, 4.69) is 11.2 Å². The Bertz CT molecular complexity index is 692. The Morgan fingerprint density at radius 2 is 2.21 bits per heavy atom. The zero-order chi connectivity index (χ0) is 13.6. The van der Waals surface area contributed by atoms with Crippen LogP contribution in [0.4, 0.5) is 0 Å². The number of benzene rings is 1. The highest BCUT2D eigenvalue weighted by Gasteiger charge is 2.33. The van der Waals surface area contributed by atoms with Gasteiger partial charge < -0.3 is 5.11 Å². The van der Waals surface area contributed by atoms with Crippen molar-refractivity contribution < 1.29 is 5.11 Å². The highest BCUT2D eigenvalue weighted by atomic mass is 16.3. The summed E-state index contributed by atoms with van der Waals surface area (Å²) < 4.78 is 1.87. The van der Waals surface area contributed by atoms with Gasteiger partial charge in [0.1, 0.15) is 0 Å². The normalized spacial score (nSPS) is 21.2. The van der Waals surface area contributed by atoms with Gasteiger partial charge in [0.25, 0.3) is 0 Å². The topological polar surface area (TPSA) is 61.8 Å². The molecule has 4 heteroatoms. The summed E-state index contributed by atoms with van der Waals surface area (Å²) in [7, 11) is 0. The smallest absolute Gasteiger partial charge is 0.0991 e. The Labute approximate surface area is 111 Å². The molecule has 0 amide bonds. The third-order valence-electron chi connectivity index (χ3n) is 3.63. The monoisotopic (exact) mass is 253 g/mol. The molecule has 4 nitrogen and oxygen atoms in total. The average Bonchev–Trinajstić information content (AvgIpc) is 2.84. The van der Waals surface area contributed by atoms with E-state index in [1.807, 2.05) is 42.9 Å². The van der Waals surface area contributed by atoms with Crippen LogP contribution in [0.15, 0.2) is 24.4 Å². The summed E-state index contributed by atoms with van der Waals surface area (Å²) in [5.41, 5.74) is 4.22. The van der Waals surface area contributed by atoms with Crippen LogP contribution >= 0.6 is 0 Å². The van der Waals surface area contributed by atoms with Crippen molar-refractivity contribution >= 4 is 0 Å². The summed E-state index contributed by atoms with van der Waals surface area (Å²) in [5.74, 6) is 0. The van der Waals surface area contributed by atoms with Crippen LogP contribution in [-0.2, 0) is 13.0 Å². The Morgan fingerprint density at radius 1 is 1.42 bits per heavy atom. The second kappa shape index (κ2) is 3.94. The van der Waals surface area contributed by atoms with Gasteiger partial charge in [-0.2, -0.15) is 10.4 Å². The second-order valence-electron chi connectivity index (χ2n) is 5.48. The maximum Gasteiger partial charge on any atom is 0.0991 e. The molecule has 0 radical (unpaired) electrons. The fourth-order valence-electron chi connectivity index (χ4n) is 2.73. The summed E-state index contributed by atoms with van der Waals surface area (Å²) in [6.07, 6.45) is 2.46. The maximum atomic E-state index is 10.1. The molecule has 0 saturated heterocycles. The van der Waals surface area contributed by atoms with Crippen LogP contribution in [-0.4, -0.2) is 20.5 Å². The molecule has 0 spiro atoms. The largest absolute Gasteiger partial charge is 0.388 e. The van der Waals surface area contributed by atoms with E-state index >= 15 is 0 Å². The molecule has 1 unspecified atom stereocenters. The van der Waals surface area contributed by atoms with Crippen LogP contribution in [0.1, 0.15) is 23.7 Å². The number of fused-ring (bicyclic) bond motifs is 1. The van der Waals surface area contributed by atoms with E-state index in [1.54, 1.807) is 0 Å². The van der Waals surface area contributed by atoms with Crippen molar-refractivity contribution in [3.05, 3.63) is 41.2 Å². The molecule has 1 aromatic carbocycles. The molecule has 2 heterocycles. The van der Waals surface area contributed by atoms with Gasteiger partial charge in [0.15, 0.2) is 0 Å². The molecule has 96 valence electrons. The minimum Gasteiger partial charge on any atom is -0.388 e. The highest BCUT2D eigenvalue weighted by Crippen LogP contribution is 2.34. The van der Waals surface area contributed by atoms with Gasteiger partial charge in [0.2, 0.25) is 0 Å². The van der Waals surface area contributed by atoms with Gasteiger partial charge in [-0.25, -0.2) is 0 Å². The summed E-state index contributed by atoms with van der Waals surface area (Å²) in [6.45, 7) is 4.36. The first-order valence-electron chi connectivity index (χ1n) is 6.28. The molecule has 19 heavy (non-hydrogen) atoms. The minimum absolute atomic E-state index is 0.539. The van der Waals surface area contributed by atoms with Crippen LogP contribution in [0, 0.1) is 18.3 Å². The zero-order valence-electron chi connectivity index (χ0n) is 11.0. The molecule has 1 aliphatic heterocycles. The Kier molecular flexibility index (Phi) is 2.48. The number of rotatable bonds is 1. The highest BCUT2D eigenvalue weighted by molar-refractivity contribution is 5.70. The van der Waals surface area contributed by atoms with E-state index in [9.17, 15) is 5.11 Å². The minimum atomic E-state index is -0.709. The first kappa shape index (κ1) is 11.9. The van der Waals surface area contributed by atoms with E-state index in [0.29, 0.717) is 18.5 Å². The lowest BCUT2D eigenvalue weighted by Gasteiger charge is -2.13. The molecule has 0 aliphatic carbocycles. The van der Waals surface area contributed by atoms with Gasteiger partial charge in [-0.1, -0.05) is 6.07 Å². The fourth-order valence-corrected chi connectivity index (χ4v) is 2.73. The summed E-state index contributed by atoms with van der Waals surface area (Å²) >= 11 is 0. The molecule has 0 saturated carbocycles. The van der Waals surface area contributed by atoms with Crippen LogP contribution in [0.5, 0.6) is 0 Å². The third-order valence-corrected chi connectivity index (χ3v) is 3.63. The lowest BCUT2D eigenvalue weighted by atomic mass is 9.96. The number of hydrogen-bond donors (Lipinski definition) is 1. The number of nitriles is 1. The quantitative estimate of drug-likeness (QED) is 0.846. The summed E-state index contributed by atoms with van der Waals surface area (Å²) in [5, 5.41) is 23.4. The predicted octanol–water partition coefficient (Wildman–Crippen LogP) is 2.04. The molecule has 1 aromatic heterocycles. The molecule has 3 rings (SSSR count). The molecule has 1 aliphatic rings. The number of aryl methyl sites for hydroxylation is 1. The molecule has 1 atom stereocenters. The Balaban J connectivity index is 2.09. The van der Waals surface area contributed by atoms with Crippen molar-refractivity contribution in [3.63, 3.8) is 0 Å². The number of hydrogen-bond acceptors (Lipinski definition) is 3. The third kappa shape index (κ3) is 1.92. The lowest BCUT2D eigenvalue weighted by molar-refractivity contribution is 0.0593. The first-order chi connectivity index (χ1) is 9.00. The van der Waals surface area contributed by atoms with E-state index in [0.717, 1.165) is 22.4 Å². The van der Waals surface area contributed by atoms with Crippen molar-refractivity contribution in [2.75, 3.05) is 0 Å². The maximum absolute atomic E-state index is 10.1. The van der Waals surface area contributed by atoms with Crippen molar-refractivity contribution in [3.8, 4) is 17.2 Å². The van der Waals surface area contributed by atoms with E-state index in [-0.39, 0.29) is 0 Å². The summed E-state index contributed by atoms with van der Waals surface area (Å²) in [6, 6.07) is 7.80. The number of nitrogens with zero attached hydrogens (tertiary/aromatic N) is 3. The molecular formula is C15H15N3O. The number of aromatic nitrogens is 2. The Morgan fingerprint density at radius 3 is 2.89 bits per heavy atom. The van der Waals surface area contributed by atoms with Crippen molar-refractivity contribution in [1.82, 2.24) is 9.78 Å². The van der Waals surface area contributed by atoms with E-state index in [1.165, 1.54) is 0 Å². The van der Waals surface area contributed by atoms with Crippen molar-refractivity contribution in [1.29, 1.82) is 5.26 Å². The van der Waals surface area contributed by atoms with Crippen molar-refractivity contribution in [2.45, 2.75) is 32.4 Å². The molecule has 0 bridgehead atoms.